The van der Waals surface area contributed by atoms with Crippen molar-refractivity contribution in [3.8, 4) is 0 Å². The highest BCUT2D eigenvalue weighted by Crippen LogP contribution is 2.08. The molecule has 1 rings (SSSR count). The van der Waals surface area contributed by atoms with E-state index < -0.39 is 0 Å². The minimum atomic E-state index is -0.239. The van der Waals surface area contributed by atoms with Crippen LogP contribution in [0.1, 0.15) is 51.0 Å². The lowest BCUT2D eigenvalue weighted by atomic mass is 10.1. The molecule has 0 aromatic carbocycles. The predicted octanol–water partition coefficient (Wildman–Crippen LogP) is 2.82. The second kappa shape index (κ2) is 6.38. The molecule has 0 atom stereocenters. The van der Waals surface area contributed by atoms with E-state index in [9.17, 15) is 4.79 Å². The third kappa shape index (κ3) is 5.17. The van der Waals surface area contributed by atoms with Crippen LogP contribution in [0.2, 0.25) is 0 Å². The highest BCUT2D eigenvalue weighted by atomic mass is 16.2. The van der Waals surface area contributed by atoms with Gasteiger partial charge in [0.15, 0.2) is 0 Å². The first-order valence-corrected chi connectivity index (χ1v) is 6.45. The van der Waals surface area contributed by atoms with Gasteiger partial charge in [-0.15, -0.1) is 0 Å². The normalized spacial score (nSPS) is 11.1. The largest absolute Gasteiger partial charge is 0.384 e. The molecule has 1 amide bonds. The van der Waals surface area contributed by atoms with E-state index >= 15 is 0 Å². The Morgan fingerprint density at radius 1 is 1.33 bits per heavy atom. The van der Waals surface area contributed by atoms with Gasteiger partial charge in [-0.05, 0) is 39.3 Å². The number of carbonyl (C=O) groups excluding carboxylic acids is 1. The third-order valence-electron chi connectivity index (χ3n) is 2.34. The van der Waals surface area contributed by atoms with Crippen LogP contribution in [0.25, 0.3) is 0 Å². The van der Waals surface area contributed by atoms with E-state index in [0.717, 1.165) is 25.1 Å². The number of amides is 1. The average Bonchev–Trinajstić information content (AvgIpc) is 2.28. The zero-order chi connectivity index (χ0) is 13.6. The van der Waals surface area contributed by atoms with Gasteiger partial charge in [0.1, 0.15) is 5.69 Å². The molecule has 0 fully saturated rings. The van der Waals surface area contributed by atoms with Crippen LogP contribution in [0.15, 0.2) is 18.3 Å². The van der Waals surface area contributed by atoms with Gasteiger partial charge in [-0.2, -0.15) is 0 Å². The van der Waals surface area contributed by atoms with Gasteiger partial charge in [0, 0.05) is 12.1 Å². The molecule has 0 saturated carbocycles. The van der Waals surface area contributed by atoms with E-state index in [1.54, 1.807) is 12.3 Å². The molecule has 1 aromatic heterocycles. The second-order valence-corrected chi connectivity index (χ2v) is 5.42. The molecule has 0 aliphatic heterocycles. The fraction of sp³-hybridized carbons (Fsp3) is 0.571. The van der Waals surface area contributed by atoms with Crippen LogP contribution in [-0.4, -0.2) is 23.0 Å². The number of aromatic nitrogens is 1. The van der Waals surface area contributed by atoms with E-state index in [-0.39, 0.29) is 11.4 Å². The third-order valence-corrected chi connectivity index (χ3v) is 2.34. The van der Waals surface area contributed by atoms with Crippen LogP contribution < -0.4 is 10.6 Å². The molecule has 2 N–H and O–H groups in total. The van der Waals surface area contributed by atoms with Crippen molar-refractivity contribution in [2.24, 2.45) is 0 Å². The van der Waals surface area contributed by atoms with E-state index in [1.165, 1.54) is 0 Å². The molecule has 0 aliphatic rings. The molecule has 4 heteroatoms. The molecule has 4 nitrogen and oxygen atoms in total. The standard InChI is InChI=1S/C14H23N3O/c1-5-6-9-15-11-7-8-12(16-10-11)13(18)17-14(2,3)4/h7-8,10,15H,5-6,9H2,1-4H3,(H,17,18). The van der Waals surface area contributed by atoms with Gasteiger partial charge in [-0.25, -0.2) is 4.98 Å². The molecule has 0 bridgehead atoms. The number of rotatable bonds is 5. The van der Waals surface area contributed by atoms with Crippen molar-refractivity contribution in [1.29, 1.82) is 0 Å². The number of hydrogen-bond acceptors (Lipinski definition) is 3. The number of nitrogens with zero attached hydrogens (tertiary/aromatic N) is 1. The number of carbonyl (C=O) groups is 1. The Morgan fingerprint density at radius 3 is 2.56 bits per heavy atom. The van der Waals surface area contributed by atoms with Crippen molar-refractivity contribution in [3.05, 3.63) is 24.0 Å². The van der Waals surface area contributed by atoms with Crippen LogP contribution >= 0.6 is 0 Å². The van der Waals surface area contributed by atoms with Crippen LogP contribution in [0.4, 0.5) is 5.69 Å². The van der Waals surface area contributed by atoms with E-state index in [4.69, 9.17) is 0 Å². The maximum atomic E-state index is 11.8. The van der Waals surface area contributed by atoms with Crippen molar-refractivity contribution in [1.82, 2.24) is 10.3 Å². The molecule has 0 unspecified atom stereocenters. The second-order valence-electron chi connectivity index (χ2n) is 5.42. The Balaban J connectivity index is 2.57. The summed E-state index contributed by atoms with van der Waals surface area (Å²) in [5.74, 6) is -0.136. The molecule has 18 heavy (non-hydrogen) atoms. The van der Waals surface area contributed by atoms with Gasteiger partial charge in [-0.1, -0.05) is 13.3 Å². The Kier molecular flexibility index (Phi) is 5.13. The first kappa shape index (κ1) is 14.5. The van der Waals surface area contributed by atoms with Crippen molar-refractivity contribution in [2.75, 3.05) is 11.9 Å². The summed E-state index contributed by atoms with van der Waals surface area (Å²) in [6.07, 6.45) is 3.99. The van der Waals surface area contributed by atoms with Gasteiger partial charge >= 0.3 is 0 Å². The monoisotopic (exact) mass is 249 g/mol. The Morgan fingerprint density at radius 2 is 2.06 bits per heavy atom. The summed E-state index contributed by atoms with van der Waals surface area (Å²) in [4.78, 5) is 16.0. The van der Waals surface area contributed by atoms with Crippen LogP contribution in [0.3, 0.4) is 0 Å². The summed E-state index contributed by atoms with van der Waals surface area (Å²) in [5.41, 5.74) is 1.17. The number of pyridine rings is 1. The van der Waals surface area contributed by atoms with Crippen LogP contribution in [-0.2, 0) is 0 Å². The van der Waals surface area contributed by atoms with Crippen LogP contribution in [0.5, 0.6) is 0 Å². The van der Waals surface area contributed by atoms with Crippen molar-refractivity contribution < 1.29 is 4.79 Å². The fourth-order valence-electron chi connectivity index (χ4n) is 1.45. The fourth-order valence-corrected chi connectivity index (χ4v) is 1.45. The van der Waals surface area contributed by atoms with Gasteiger partial charge in [0.25, 0.3) is 5.91 Å². The Bertz CT molecular complexity index is 379. The summed E-state index contributed by atoms with van der Waals surface area (Å²) < 4.78 is 0. The number of anilines is 1. The van der Waals surface area contributed by atoms with Crippen molar-refractivity contribution in [2.45, 2.75) is 46.1 Å². The SMILES string of the molecule is CCCCNc1ccc(C(=O)NC(C)(C)C)nc1. The maximum Gasteiger partial charge on any atom is 0.270 e. The molecule has 0 aliphatic carbocycles. The lowest BCUT2D eigenvalue weighted by Crippen LogP contribution is -2.40. The smallest absolute Gasteiger partial charge is 0.270 e. The molecular weight excluding hydrogens is 226 g/mol. The van der Waals surface area contributed by atoms with Crippen LogP contribution in [0, 0.1) is 0 Å². The van der Waals surface area contributed by atoms with Gasteiger partial charge in [0.2, 0.25) is 0 Å². The number of hydrogen-bond donors (Lipinski definition) is 2. The Labute approximate surface area is 109 Å². The topological polar surface area (TPSA) is 54.0 Å². The molecule has 100 valence electrons. The average molecular weight is 249 g/mol. The number of nitrogens with one attached hydrogen (secondary N) is 2. The summed E-state index contributed by atoms with van der Waals surface area (Å²) in [5, 5.41) is 6.15. The van der Waals surface area contributed by atoms with Crippen molar-refractivity contribution in [3.63, 3.8) is 0 Å². The minimum absolute atomic E-state index is 0.136. The molecule has 0 spiro atoms. The molecule has 0 radical (unpaired) electrons. The van der Waals surface area contributed by atoms with E-state index in [0.29, 0.717) is 5.69 Å². The van der Waals surface area contributed by atoms with Crippen molar-refractivity contribution >= 4 is 11.6 Å². The number of unbranched alkanes of at least 4 members (excludes halogenated alkanes) is 1. The van der Waals surface area contributed by atoms with Gasteiger partial charge in [-0.3, -0.25) is 4.79 Å². The zero-order valence-electron chi connectivity index (χ0n) is 11.7. The summed E-state index contributed by atoms with van der Waals surface area (Å²) >= 11 is 0. The predicted molar refractivity (Wildman–Crippen MR) is 74.9 cm³/mol. The molecule has 1 aromatic rings. The Hall–Kier alpha value is -1.58. The van der Waals surface area contributed by atoms with E-state index in [2.05, 4.69) is 22.5 Å². The maximum absolute atomic E-state index is 11.8. The molecular formula is C14H23N3O. The summed E-state index contributed by atoms with van der Waals surface area (Å²) in [6, 6.07) is 3.63. The highest BCUT2D eigenvalue weighted by Gasteiger charge is 2.15. The van der Waals surface area contributed by atoms with E-state index in [1.807, 2.05) is 26.8 Å². The first-order valence-electron chi connectivity index (χ1n) is 6.45. The van der Waals surface area contributed by atoms with Gasteiger partial charge in [0.05, 0.1) is 11.9 Å². The lowest BCUT2D eigenvalue weighted by molar-refractivity contribution is 0.0914. The summed E-state index contributed by atoms with van der Waals surface area (Å²) in [7, 11) is 0. The molecule has 0 saturated heterocycles. The summed E-state index contributed by atoms with van der Waals surface area (Å²) in [6.45, 7) is 8.94. The lowest BCUT2D eigenvalue weighted by Gasteiger charge is -2.20. The quantitative estimate of drug-likeness (QED) is 0.789. The highest BCUT2D eigenvalue weighted by molar-refractivity contribution is 5.92. The van der Waals surface area contributed by atoms with Gasteiger partial charge < -0.3 is 10.6 Å². The minimum Gasteiger partial charge on any atom is -0.384 e. The molecule has 1 heterocycles. The first-order chi connectivity index (χ1) is 8.42. The zero-order valence-corrected chi connectivity index (χ0v) is 11.7.